The molecule has 2 aromatic carbocycles. The fourth-order valence-electron chi connectivity index (χ4n) is 2.29. The van der Waals surface area contributed by atoms with Gasteiger partial charge in [-0.1, -0.05) is 23.7 Å². The Morgan fingerprint density at radius 3 is 2.86 bits per heavy atom. The van der Waals surface area contributed by atoms with Crippen LogP contribution in [0.25, 0.3) is 10.9 Å². The van der Waals surface area contributed by atoms with Gasteiger partial charge in [-0.15, -0.1) is 0 Å². The number of pyridine rings is 1. The number of aromatic nitrogens is 1. The van der Waals surface area contributed by atoms with E-state index in [0.29, 0.717) is 6.54 Å². The third-order valence-electron chi connectivity index (χ3n) is 3.39. The van der Waals surface area contributed by atoms with E-state index < -0.39 is 0 Å². The predicted molar refractivity (Wildman–Crippen MR) is 93.0 cm³/mol. The van der Waals surface area contributed by atoms with Gasteiger partial charge in [0.1, 0.15) is 0 Å². The minimum Gasteiger partial charge on any atom is -0.380 e. The number of halogens is 2. The molecule has 0 aliphatic heterocycles. The summed E-state index contributed by atoms with van der Waals surface area (Å²) in [5.41, 5.74) is 4.37. The molecule has 0 saturated heterocycles. The monoisotopic (exact) mass is 360 g/mol. The van der Waals surface area contributed by atoms with Crippen molar-refractivity contribution in [1.29, 1.82) is 0 Å². The normalized spacial score (nSPS) is 10.8. The van der Waals surface area contributed by atoms with Crippen LogP contribution < -0.4 is 5.32 Å². The number of nitrogens with zero attached hydrogens (tertiary/aromatic N) is 1. The van der Waals surface area contributed by atoms with Gasteiger partial charge >= 0.3 is 0 Å². The molecule has 0 radical (unpaired) electrons. The quantitative estimate of drug-likeness (QED) is 0.659. The van der Waals surface area contributed by atoms with Crippen LogP contribution in [0.2, 0.25) is 5.02 Å². The first-order valence-electron chi connectivity index (χ1n) is 6.67. The van der Waals surface area contributed by atoms with Gasteiger partial charge in [-0.05, 0) is 64.3 Å². The molecule has 0 saturated carbocycles. The Morgan fingerprint density at radius 2 is 2.05 bits per heavy atom. The van der Waals surface area contributed by atoms with E-state index in [1.54, 1.807) is 6.20 Å². The van der Waals surface area contributed by atoms with Crippen molar-refractivity contribution < 1.29 is 0 Å². The van der Waals surface area contributed by atoms with Crippen molar-refractivity contribution in [3.8, 4) is 0 Å². The van der Waals surface area contributed by atoms with Crippen LogP contribution in [0.1, 0.15) is 11.1 Å². The van der Waals surface area contributed by atoms with Gasteiger partial charge in [-0.3, -0.25) is 4.98 Å². The van der Waals surface area contributed by atoms with Crippen LogP contribution >= 0.6 is 27.5 Å². The van der Waals surface area contributed by atoms with Gasteiger partial charge in [0, 0.05) is 33.3 Å². The lowest BCUT2D eigenvalue weighted by atomic mass is 10.1. The summed E-state index contributed by atoms with van der Waals surface area (Å²) in [6, 6.07) is 14.1. The number of hydrogen-bond donors (Lipinski definition) is 1. The first-order chi connectivity index (χ1) is 10.1. The molecule has 4 heteroatoms. The van der Waals surface area contributed by atoms with E-state index in [-0.39, 0.29) is 0 Å². The lowest BCUT2D eigenvalue weighted by Gasteiger charge is -2.11. The van der Waals surface area contributed by atoms with E-state index in [2.05, 4.69) is 51.4 Å². The third-order valence-corrected chi connectivity index (χ3v) is 4.38. The van der Waals surface area contributed by atoms with Crippen molar-refractivity contribution in [3.05, 3.63) is 69.3 Å². The molecule has 0 amide bonds. The Bertz CT molecular complexity index is 802. The molecule has 3 rings (SSSR count). The molecule has 1 aromatic heterocycles. The van der Waals surface area contributed by atoms with Crippen molar-refractivity contribution >= 4 is 44.1 Å². The maximum absolute atomic E-state index is 6.22. The predicted octanol–water partition coefficient (Wildman–Crippen LogP) is 5.57. The van der Waals surface area contributed by atoms with E-state index >= 15 is 0 Å². The van der Waals surface area contributed by atoms with Gasteiger partial charge in [0.25, 0.3) is 0 Å². The van der Waals surface area contributed by atoms with Crippen LogP contribution in [0, 0.1) is 6.92 Å². The summed E-state index contributed by atoms with van der Waals surface area (Å²) in [4.78, 5) is 4.45. The molecule has 106 valence electrons. The number of benzene rings is 2. The van der Waals surface area contributed by atoms with Gasteiger partial charge in [-0.2, -0.15) is 0 Å². The highest BCUT2D eigenvalue weighted by atomic mass is 79.9. The Labute approximate surface area is 137 Å². The average molecular weight is 362 g/mol. The van der Waals surface area contributed by atoms with Gasteiger partial charge in [-0.25, -0.2) is 0 Å². The number of fused-ring (bicyclic) bond motifs is 1. The third kappa shape index (κ3) is 3.04. The summed E-state index contributed by atoms with van der Waals surface area (Å²) in [6.07, 6.45) is 1.80. The van der Waals surface area contributed by atoms with Crippen molar-refractivity contribution in [2.24, 2.45) is 0 Å². The second kappa shape index (κ2) is 6.04. The Balaban J connectivity index is 1.90. The molecule has 2 nitrogen and oxygen atoms in total. The van der Waals surface area contributed by atoms with Gasteiger partial charge in [0.15, 0.2) is 0 Å². The molecule has 0 bridgehead atoms. The standard InChI is InChI=1S/C17H14BrClN2/c1-11-4-7-16(14(18)9-11)21-10-12-5-6-15(19)13-3-2-8-20-17(12)13/h2-9,21H,10H2,1H3. The fraction of sp³-hybridized carbons (Fsp3) is 0.118. The maximum Gasteiger partial charge on any atom is 0.0766 e. The van der Waals surface area contributed by atoms with Crippen LogP contribution in [0.4, 0.5) is 5.69 Å². The van der Waals surface area contributed by atoms with Gasteiger partial charge < -0.3 is 5.32 Å². The molecule has 0 atom stereocenters. The molecule has 0 unspecified atom stereocenters. The molecule has 0 aliphatic rings. The minimum atomic E-state index is 0.701. The van der Waals surface area contributed by atoms with Crippen LogP contribution in [0.5, 0.6) is 0 Å². The second-order valence-electron chi connectivity index (χ2n) is 4.94. The summed E-state index contributed by atoms with van der Waals surface area (Å²) >= 11 is 9.80. The van der Waals surface area contributed by atoms with E-state index in [9.17, 15) is 0 Å². The zero-order chi connectivity index (χ0) is 14.8. The fourth-order valence-corrected chi connectivity index (χ4v) is 3.14. The van der Waals surface area contributed by atoms with Gasteiger partial charge in [0.2, 0.25) is 0 Å². The topological polar surface area (TPSA) is 24.9 Å². The van der Waals surface area contributed by atoms with Crippen molar-refractivity contribution in [2.45, 2.75) is 13.5 Å². The average Bonchev–Trinajstić information content (AvgIpc) is 2.48. The van der Waals surface area contributed by atoms with Crippen LogP contribution in [-0.2, 0) is 6.54 Å². The Kier molecular flexibility index (Phi) is 4.13. The highest BCUT2D eigenvalue weighted by molar-refractivity contribution is 9.10. The molecule has 0 spiro atoms. The lowest BCUT2D eigenvalue weighted by molar-refractivity contribution is 1.15. The van der Waals surface area contributed by atoms with E-state index in [1.807, 2.05) is 24.3 Å². The van der Waals surface area contributed by atoms with Crippen LogP contribution in [0.3, 0.4) is 0 Å². The summed E-state index contributed by atoms with van der Waals surface area (Å²) in [7, 11) is 0. The molecule has 1 N–H and O–H groups in total. The molecule has 21 heavy (non-hydrogen) atoms. The second-order valence-corrected chi connectivity index (χ2v) is 6.20. The summed E-state index contributed by atoms with van der Waals surface area (Å²) in [5.74, 6) is 0. The highest BCUT2D eigenvalue weighted by Gasteiger charge is 2.06. The number of rotatable bonds is 3. The zero-order valence-corrected chi connectivity index (χ0v) is 13.9. The van der Waals surface area contributed by atoms with Crippen molar-refractivity contribution in [3.63, 3.8) is 0 Å². The first-order valence-corrected chi connectivity index (χ1v) is 7.84. The van der Waals surface area contributed by atoms with Crippen molar-refractivity contribution in [2.75, 3.05) is 5.32 Å². The highest BCUT2D eigenvalue weighted by Crippen LogP contribution is 2.27. The molecule has 0 fully saturated rings. The summed E-state index contributed by atoms with van der Waals surface area (Å²) < 4.78 is 1.06. The lowest BCUT2D eigenvalue weighted by Crippen LogP contribution is -2.01. The SMILES string of the molecule is Cc1ccc(NCc2ccc(Cl)c3cccnc23)c(Br)c1. The maximum atomic E-state index is 6.22. The Morgan fingerprint density at radius 1 is 1.19 bits per heavy atom. The number of aryl methyl sites for hydroxylation is 1. The summed E-state index contributed by atoms with van der Waals surface area (Å²) in [6.45, 7) is 2.78. The zero-order valence-electron chi connectivity index (χ0n) is 11.5. The molecule has 0 aliphatic carbocycles. The minimum absolute atomic E-state index is 0.701. The van der Waals surface area contributed by atoms with Crippen molar-refractivity contribution in [1.82, 2.24) is 4.98 Å². The molecule has 1 heterocycles. The number of nitrogens with one attached hydrogen (secondary N) is 1. The summed E-state index contributed by atoms with van der Waals surface area (Å²) in [5, 5.41) is 5.16. The molecule has 3 aromatic rings. The number of anilines is 1. The smallest absolute Gasteiger partial charge is 0.0766 e. The Hall–Kier alpha value is -1.58. The van der Waals surface area contributed by atoms with E-state index in [1.165, 1.54) is 5.56 Å². The van der Waals surface area contributed by atoms with E-state index in [4.69, 9.17) is 11.6 Å². The van der Waals surface area contributed by atoms with E-state index in [0.717, 1.165) is 31.6 Å². The first kappa shape index (κ1) is 14.4. The number of hydrogen-bond acceptors (Lipinski definition) is 2. The van der Waals surface area contributed by atoms with Crippen LogP contribution in [0.15, 0.2) is 53.1 Å². The molecular weight excluding hydrogens is 348 g/mol. The van der Waals surface area contributed by atoms with Gasteiger partial charge in [0.05, 0.1) is 5.52 Å². The largest absolute Gasteiger partial charge is 0.380 e. The van der Waals surface area contributed by atoms with Crippen LogP contribution in [-0.4, -0.2) is 4.98 Å². The molecular formula is C17H14BrClN2.